The third-order valence-corrected chi connectivity index (χ3v) is 9.08. The van der Waals surface area contributed by atoms with E-state index in [4.69, 9.17) is 24.7 Å². The van der Waals surface area contributed by atoms with Crippen molar-refractivity contribution >= 4 is 35.5 Å². The molecule has 0 heterocycles. The van der Waals surface area contributed by atoms with E-state index in [2.05, 4.69) is 33.5 Å². The maximum Gasteiger partial charge on any atom is 0.326 e. The van der Waals surface area contributed by atoms with Gasteiger partial charge in [-0.25, -0.2) is 4.79 Å². The number of carboxylic acids is 1. The summed E-state index contributed by atoms with van der Waals surface area (Å²) in [5, 5.41) is 22.9. The van der Waals surface area contributed by atoms with Crippen LogP contribution in [0.4, 0.5) is 0 Å². The van der Waals surface area contributed by atoms with Crippen LogP contribution in [0.3, 0.4) is 0 Å². The Morgan fingerprint density at radius 2 is 0.982 bits per heavy atom. The maximum atomic E-state index is 12.3. The third kappa shape index (κ3) is 36.7. The Morgan fingerprint density at radius 3 is 1.47 bits per heavy atom. The molecule has 0 fully saturated rings. The van der Waals surface area contributed by atoms with Crippen molar-refractivity contribution in [1.82, 2.24) is 26.6 Å². The zero-order valence-electron chi connectivity index (χ0n) is 35.0. The third-order valence-electron chi connectivity index (χ3n) is 9.08. The Bertz CT molecular complexity index is 1070. The monoisotopic (exact) mass is 817 g/mol. The van der Waals surface area contributed by atoms with Crippen molar-refractivity contribution in [2.75, 3.05) is 79.5 Å². The first-order valence-corrected chi connectivity index (χ1v) is 21.2. The molecule has 0 rings (SSSR count). The number of rotatable bonds is 42. The van der Waals surface area contributed by atoms with Gasteiger partial charge in [0.1, 0.15) is 19.3 Å². The van der Waals surface area contributed by atoms with E-state index in [9.17, 15) is 33.9 Å². The largest absolute Gasteiger partial charge is 0.480 e. The molecule has 0 spiro atoms. The molecule has 0 aliphatic rings. The maximum absolute atomic E-state index is 12.3. The molecule has 0 saturated heterocycles. The molecule has 2 atom stereocenters. The molecule has 57 heavy (non-hydrogen) atoms. The molecule has 17 nitrogen and oxygen atoms in total. The number of nitrogens with two attached hydrogens (primary N) is 1. The summed E-state index contributed by atoms with van der Waals surface area (Å²) in [6.07, 6.45) is 18.0. The van der Waals surface area contributed by atoms with Crippen LogP contribution in [0.5, 0.6) is 0 Å². The van der Waals surface area contributed by atoms with Crippen molar-refractivity contribution in [1.29, 1.82) is 0 Å². The number of amides is 5. The predicted molar refractivity (Wildman–Crippen MR) is 217 cm³/mol. The first kappa shape index (κ1) is 53.6. The number of likely N-dealkylation sites (N-methyl/N-ethyl adjacent to an activating group) is 1. The van der Waals surface area contributed by atoms with Gasteiger partial charge in [-0.3, -0.25) is 24.0 Å². The summed E-state index contributed by atoms with van der Waals surface area (Å²) < 4.78 is 21.3. The van der Waals surface area contributed by atoms with E-state index >= 15 is 0 Å². The summed E-state index contributed by atoms with van der Waals surface area (Å²) in [4.78, 5) is 70.9. The van der Waals surface area contributed by atoms with Crippen LogP contribution >= 0.6 is 0 Å². The van der Waals surface area contributed by atoms with E-state index in [1.54, 1.807) is 7.05 Å². The van der Waals surface area contributed by atoms with Crippen LogP contribution < -0.4 is 32.3 Å². The lowest BCUT2D eigenvalue weighted by molar-refractivity contribution is -0.142. The molecule has 8 N–H and O–H groups in total. The Hall–Kier alpha value is -3.38. The van der Waals surface area contributed by atoms with E-state index in [1.165, 1.54) is 57.8 Å². The quantitative estimate of drug-likeness (QED) is 0.0440. The van der Waals surface area contributed by atoms with Crippen LogP contribution in [0.15, 0.2) is 0 Å². The van der Waals surface area contributed by atoms with Crippen LogP contribution in [0.2, 0.25) is 0 Å². The SMILES string of the molecule is CCCCCCCCCCCCCCCC(=O)NC(CCC(=O)NCCOCCOCC(=O)NCCOCCOCC(=O)NCCCCC(NC)C(N)=O)C(=O)O. The lowest BCUT2D eigenvalue weighted by Crippen LogP contribution is -2.41. The van der Waals surface area contributed by atoms with Crippen LogP contribution in [0.1, 0.15) is 129 Å². The zero-order valence-corrected chi connectivity index (χ0v) is 35.0. The van der Waals surface area contributed by atoms with Gasteiger partial charge in [0, 0.05) is 32.5 Å². The van der Waals surface area contributed by atoms with Gasteiger partial charge < -0.3 is 56.4 Å². The Morgan fingerprint density at radius 1 is 0.509 bits per heavy atom. The number of ether oxygens (including phenoxy) is 4. The Kier molecular flexibility index (Phi) is 37.1. The van der Waals surface area contributed by atoms with Crippen LogP contribution in [-0.4, -0.2) is 132 Å². The van der Waals surface area contributed by atoms with E-state index < -0.39 is 17.9 Å². The summed E-state index contributed by atoms with van der Waals surface area (Å²) in [6, 6.07) is -1.49. The Labute approximate surface area is 340 Å². The van der Waals surface area contributed by atoms with Gasteiger partial charge in [0.05, 0.1) is 45.7 Å². The normalized spacial score (nSPS) is 12.1. The fourth-order valence-electron chi connectivity index (χ4n) is 5.72. The number of unbranched alkanes of at least 4 members (excludes halogenated alkanes) is 13. The molecule has 0 bridgehead atoms. The van der Waals surface area contributed by atoms with Crippen molar-refractivity contribution in [3.05, 3.63) is 0 Å². The van der Waals surface area contributed by atoms with Gasteiger partial charge in [0.2, 0.25) is 29.5 Å². The van der Waals surface area contributed by atoms with E-state index in [0.717, 1.165) is 38.5 Å². The van der Waals surface area contributed by atoms with Crippen LogP contribution in [0, 0.1) is 0 Å². The second kappa shape index (κ2) is 39.4. The summed E-state index contributed by atoms with van der Waals surface area (Å²) in [5.74, 6) is -2.76. The fraction of sp³-hybridized carbons (Fsp3) is 0.850. The number of carboxylic acid groups (broad SMARTS) is 1. The molecular weight excluding hydrogens is 740 g/mol. The molecule has 0 aromatic heterocycles. The highest BCUT2D eigenvalue weighted by Crippen LogP contribution is 2.13. The van der Waals surface area contributed by atoms with Crippen molar-refractivity contribution < 1.29 is 52.8 Å². The highest BCUT2D eigenvalue weighted by atomic mass is 16.5. The van der Waals surface area contributed by atoms with Crippen molar-refractivity contribution in [3.8, 4) is 0 Å². The summed E-state index contributed by atoms with van der Waals surface area (Å²) in [7, 11) is 1.68. The fourth-order valence-corrected chi connectivity index (χ4v) is 5.72. The first-order valence-electron chi connectivity index (χ1n) is 21.2. The lowest BCUT2D eigenvalue weighted by atomic mass is 10.0. The molecule has 17 heteroatoms. The summed E-state index contributed by atoms with van der Waals surface area (Å²) in [5.41, 5.74) is 5.27. The smallest absolute Gasteiger partial charge is 0.326 e. The Balaban J connectivity index is 3.66. The number of carbonyl (C=O) groups excluding carboxylic acids is 5. The second-order valence-corrected chi connectivity index (χ2v) is 14.1. The molecule has 0 radical (unpaired) electrons. The van der Waals surface area contributed by atoms with E-state index in [-0.39, 0.29) is 115 Å². The number of aliphatic carboxylic acids is 1. The van der Waals surface area contributed by atoms with Gasteiger partial charge in [-0.1, -0.05) is 84.0 Å². The highest BCUT2D eigenvalue weighted by Gasteiger charge is 2.21. The average Bonchev–Trinajstić information content (AvgIpc) is 3.18. The van der Waals surface area contributed by atoms with Gasteiger partial charge in [0.15, 0.2) is 0 Å². The number of nitrogens with one attached hydrogen (secondary N) is 5. The van der Waals surface area contributed by atoms with Crippen molar-refractivity contribution in [2.45, 2.75) is 141 Å². The molecule has 2 unspecified atom stereocenters. The number of carbonyl (C=O) groups is 6. The van der Waals surface area contributed by atoms with E-state index in [1.807, 2.05) is 0 Å². The first-order chi connectivity index (χ1) is 27.6. The molecule has 0 aliphatic heterocycles. The number of hydrogen-bond donors (Lipinski definition) is 7. The second-order valence-electron chi connectivity index (χ2n) is 14.1. The summed E-state index contributed by atoms with van der Waals surface area (Å²) in [6.45, 7) is 4.32. The molecule has 5 amide bonds. The lowest BCUT2D eigenvalue weighted by Gasteiger charge is -2.14. The molecular formula is C40H76N6O11. The van der Waals surface area contributed by atoms with Gasteiger partial charge in [-0.05, 0) is 39.2 Å². The topological polar surface area (TPSA) is 246 Å². The van der Waals surface area contributed by atoms with Gasteiger partial charge in [0.25, 0.3) is 0 Å². The minimum atomic E-state index is -1.17. The van der Waals surface area contributed by atoms with Gasteiger partial charge in [-0.2, -0.15) is 0 Å². The highest BCUT2D eigenvalue weighted by molar-refractivity contribution is 5.84. The van der Waals surface area contributed by atoms with Crippen molar-refractivity contribution in [2.24, 2.45) is 5.73 Å². The minimum absolute atomic E-state index is 0.00850. The van der Waals surface area contributed by atoms with Crippen molar-refractivity contribution in [3.63, 3.8) is 0 Å². The van der Waals surface area contributed by atoms with Crippen LogP contribution in [-0.2, 0) is 47.7 Å². The molecule has 0 aromatic carbocycles. The zero-order chi connectivity index (χ0) is 42.2. The standard InChI is InChI=1S/C40H76N6O11/c1-3-4-5-6-7-8-9-10-11-12-13-14-15-19-36(48)46-34(40(52)53)20-21-35(47)44-23-25-54-27-30-57-32-38(50)45-24-26-55-28-29-56-31-37(49)43-22-17-16-18-33(42-2)39(41)51/h33-34,42H,3-32H2,1-2H3,(H2,41,51)(H,43,49)(H,44,47)(H,45,50)(H,46,48)(H,52,53). The van der Waals surface area contributed by atoms with Gasteiger partial charge >= 0.3 is 5.97 Å². The van der Waals surface area contributed by atoms with Crippen LogP contribution in [0.25, 0.3) is 0 Å². The molecule has 0 saturated carbocycles. The van der Waals surface area contributed by atoms with E-state index in [0.29, 0.717) is 13.0 Å². The molecule has 0 aromatic rings. The minimum Gasteiger partial charge on any atom is -0.480 e. The predicted octanol–water partition coefficient (Wildman–Crippen LogP) is 2.48. The number of hydrogen-bond acceptors (Lipinski definition) is 11. The molecule has 332 valence electrons. The number of primary amides is 1. The average molecular weight is 817 g/mol. The molecule has 0 aliphatic carbocycles. The van der Waals surface area contributed by atoms with Gasteiger partial charge in [-0.15, -0.1) is 0 Å². The summed E-state index contributed by atoms with van der Waals surface area (Å²) >= 11 is 0.